The van der Waals surface area contributed by atoms with Crippen LogP contribution in [0, 0.1) is 11.6 Å². The lowest BCUT2D eigenvalue weighted by Gasteiger charge is -2.16. The van der Waals surface area contributed by atoms with E-state index in [0.29, 0.717) is 12.2 Å². The monoisotopic (exact) mass is 343 g/mol. The molecule has 0 unspecified atom stereocenters. The maximum atomic E-state index is 13.7. The number of amides is 1. The normalized spacial score (nSPS) is 10.7. The lowest BCUT2D eigenvalue weighted by atomic mass is 10.2. The Balaban J connectivity index is 1.65. The predicted molar refractivity (Wildman–Crippen MR) is 86.8 cm³/mol. The lowest BCUT2D eigenvalue weighted by molar-refractivity contribution is 0.0791. The smallest absolute Gasteiger partial charge is 0.260 e. The summed E-state index contributed by atoms with van der Waals surface area (Å²) in [6.07, 6.45) is 0.300. The van der Waals surface area contributed by atoms with Crippen LogP contribution in [0.1, 0.15) is 16.2 Å². The van der Waals surface area contributed by atoms with E-state index in [-0.39, 0.29) is 23.6 Å². The fourth-order valence-electron chi connectivity index (χ4n) is 2.31. The maximum absolute atomic E-state index is 13.7. The van der Waals surface area contributed by atoms with Crippen LogP contribution in [0.5, 0.6) is 0 Å². The molecule has 0 aliphatic carbocycles. The number of carbonyl (C=O) groups excluding carboxylic acids is 1. The third kappa shape index (κ3) is 3.71. The van der Waals surface area contributed by atoms with E-state index in [1.807, 2.05) is 0 Å². The van der Waals surface area contributed by atoms with Gasteiger partial charge >= 0.3 is 0 Å². The highest BCUT2D eigenvalue weighted by Crippen LogP contribution is 2.20. The van der Waals surface area contributed by atoms with Crippen molar-refractivity contribution in [3.63, 3.8) is 0 Å². The number of likely N-dealkylation sites (N-methyl/N-ethyl adjacent to an activating group) is 1. The van der Waals surface area contributed by atoms with Crippen molar-refractivity contribution in [1.29, 1.82) is 0 Å². The summed E-state index contributed by atoms with van der Waals surface area (Å²) in [5, 5.41) is 3.79. The van der Waals surface area contributed by atoms with Crippen LogP contribution in [-0.4, -0.2) is 34.5 Å². The first kappa shape index (κ1) is 16.8. The second-order valence-electron chi connectivity index (χ2n) is 5.45. The molecule has 128 valence electrons. The molecule has 0 saturated heterocycles. The van der Waals surface area contributed by atoms with Crippen LogP contribution in [0.3, 0.4) is 0 Å². The number of rotatable bonds is 5. The van der Waals surface area contributed by atoms with E-state index in [1.165, 1.54) is 29.2 Å². The number of aromatic nitrogens is 2. The number of hydrogen-bond acceptors (Lipinski definition) is 4. The van der Waals surface area contributed by atoms with Crippen molar-refractivity contribution in [2.24, 2.45) is 0 Å². The molecule has 0 radical (unpaired) electrons. The van der Waals surface area contributed by atoms with Gasteiger partial charge in [-0.3, -0.25) is 4.79 Å². The van der Waals surface area contributed by atoms with Crippen molar-refractivity contribution in [3.8, 4) is 11.5 Å². The Hall–Kier alpha value is -3.09. The first-order valence-electron chi connectivity index (χ1n) is 7.63. The summed E-state index contributed by atoms with van der Waals surface area (Å²) in [6.45, 7) is 0.267. The molecule has 5 nitrogen and oxygen atoms in total. The van der Waals surface area contributed by atoms with Crippen LogP contribution in [0.25, 0.3) is 11.5 Å². The van der Waals surface area contributed by atoms with Gasteiger partial charge in [0.15, 0.2) is 5.82 Å². The van der Waals surface area contributed by atoms with E-state index in [9.17, 15) is 13.6 Å². The van der Waals surface area contributed by atoms with Crippen LogP contribution in [0.4, 0.5) is 8.78 Å². The van der Waals surface area contributed by atoms with Gasteiger partial charge in [-0.05, 0) is 24.3 Å². The highest BCUT2D eigenvalue weighted by molar-refractivity contribution is 5.94. The third-order valence-corrected chi connectivity index (χ3v) is 3.69. The van der Waals surface area contributed by atoms with Crippen LogP contribution >= 0.6 is 0 Å². The first-order valence-corrected chi connectivity index (χ1v) is 7.63. The van der Waals surface area contributed by atoms with Crippen molar-refractivity contribution >= 4 is 5.91 Å². The molecule has 0 bridgehead atoms. The fourth-order valence-corrected chi connectivity index (χ4v) is 2.31. The van der Waals surface area contributed by atoms with Crippen molar-refractivity contribution in [3.05, 3.63) is 71.6 Å². The SMILES string of the molecule is CN(CCc1noc(-c2ccccc2F)n1)C(=O)c1ccccc1F. The first-order chi connectivity index (χ1) is 12.1. The molecule has 25 heavy (non-hydrogen) atoms. The molecule has 0 N–H and O–H groups in total. The summed E-state index contributed by atoms with van der Waals surface area (Å²) < 4.78 is 32.4. The van der Waals surface area contributed by atoms with E-state index in [0.717, 1.165) is 0 Å². The Morgan fingerprint density at radius 3 is 2.48 bits per heavy atom. The summed E-state index contributed by atoms with van der Waals surface area (Å²) in [5.74, 6) is -1.04. The summed E-state index contributed by atoms with van der Waals surface area (Å²) in [5.41, 5.74) is 0.224. The van der Waals surface area contributed by atoms with E-state index in [4.69, 9.17) is 4.52 Å². The lowest BCUT2D eigenvalue weighted by Crippen LogP contribution is -2.29. The van der Waals surface area contributed by atoms with Gasteiger partial charge in [0.1, 0.15) is 11.6 Å². The second kappa shape index (κ2) is 7.21. The zero-order valence-electron chi connectivity index (χ0n) is 13.4. The van der Waals surface area contributed by atoms with Crippen molar-refractivity contribution in [2.75, 3.05) is 13.6 Å². The summed E-state index contributed by atoms with van der Waals surface area (Å²) in [6, 6.07) is 11.9. The Kier molecular flexibility index (Phi) is 4.83. The molecule has 7 heteroatoms. The summed E-state index contributed by atoms with van der Waals surface area (Å²) in [4.78, 5) is 17.7. The van der Waals surface area contributed by atoms with E-state index in [1.54, 1.807) is 31.3 Å². The second-order valence-corrected chi connectivity index (χ2v) is 5.45. The van der Waals surface area contributed by atoms with Gasteiger partial charge < -0.3 is 9.42 Å². The van der Waals surface area contributed by atoms with E-state index >= 15 is 0 Å². The number of hydrogen-bond donors (Lipinski definition) is 0. The Labute approximate surface area is 142 Å². The quantitative estimate of drug-likeness (QED) is 0.713. The summed E-state index contributed by atoms with van der Waals surface area (Å²) >= 11 is 0. The summed E-state index contributed by atoms with van der Waals surface area (Å²) in [7, 11) is 1.56. The molecule has 1 amide bonds. The zero-order chi connectivity index (χ0) is 17.8. The largest absolute Gasteiger partial charge is 0.341 e. The Morgan fingerprint density at radius 1 is 1.08 bits per heavy atom. The number of nitrogens with zero attached hydrogens (tertiary/aromatic N) is 3. The highest BCUT2D eigenvalue weighted by atomic mass is 19.1. The number of halogens is 2. The van der Waals surface area contributed by atoms with Crippen LogP contribution in [0.15, 0.2) is 53.1 Å². The van der Waals surface area contributed by atoms with Gasteiger partial charge in [0, 0.05) is 20.0 Å². The van der Waals surface area contributed by atoms with Crippen LogP contribution in [-0.2, 0) is 6.42 Å². The third-order valence-electron chi connectivity index (χ3n) is 3.69. The van der Waals surface area contributed by atoms with Crippen molar-refractivity contribution in [2.45, 2.75) is 6.42 Å². The highest BCUT2D eigenvalue weighted by Gasteiger charge is 2.17. The van der Waals surface area contributed by atoms with Crippen molar-refractivity contribution in [1.82, 2.24) is 15.0 Å². The van der Waals surface area contributed by atoms with Crippen LogP contribution < -0.4 is 0 Å². The molecular formula is C18H15F2N3O2. The van der Waals surface area contributed by atoms with Gasteiger partial charge in [0.2, 0.25) is 0 Å². The van der Waals surface area contributed by atoms with Gasteiger partial charge in [0.05, 0.1) is 11.1 Å². The van der Waals surface area contributed by atoms with Gasteiger partial charge in [0.25, 0.3) is 11.8 Å². The minimum absolute atomic E-state index is 0.00478. The van der Waals surface area contributed by atoms with Gasteiger partial charge in [-0.15, -0.1) is 0 Å². The molecule has 0 spiro atoms. The molecule has 3 rings (SSSR count). The van der Waals surface area contributed by atoms with E-state index in [2.05, 4.69) is 10.1 Å². The minimum atomic E-state index is -0.569. The van der Waals surface area contributed by atoms with Gasteiger partial charge in [-0.2, -0.15) is 4.98 Å². The van der Waals surface area contributed by atoms with Crippen molar-refractivity contribution < 1.29 is 18.1 Å². The van der Waals surface area contributed by atoms with Gasteiger partial charge in [-0.25, -0.2) is 8.78 Å². The predicted octanol–water partition coefficient (Wildman–Crippen LogP) is 3.33. The Morgan fingerprint density at radius 2 is 1.76 bits per heavy atom. The molecule has 1 aromatic heterocycles. The molecule has 0 saturated carbocycles. The van der Waals surface area contributed by atoms with Gasteiger partial charge in [-0.1, -0.05) is 29.4 Å². The molecule has 0 aliphatic heterocycles. The van der Waals surface area contributed by atoms with Crippen LogP contribution in [0.2, 0.25) is 0 Å². The molecular weight excluding hydrogens is 328 g/mol. The van der Waals surface area contributed by atoms with E-state index < -0.39 is 17.5 Å². The molecule has 0 atom stereocenters. The molecule has 0 aliphatic rings. The minimum Gasteiger partial charge on any atom is -0.341 e. The standard InChI is InChI=1S/C18H15F2N3O2/c1-23(18(24)13-7-3-5-9-15(13)20)11-10-16-21-17(25-22-16)12-6-2-4-8-14(12)19/h2-9H,10-11H2,1H3. The number of carbonyl (C=O) groups is 1. The number of benzene rings is 2. The average molecular weight is 343 g/mol. The maximum Gasteiger partial charge on any atom is 0.260 e. The molecule has 0 fully saturated rings. The molecule has 1 heterocycles. The average Bonchev–Trinajstić information content (AvgIpc) is 3.08. The Bertz CT molecular complexity index is 895. The zero-order valence-corrected chi connectivity index (χ0v) is 13.4. The fraction of sp³-hybridized carbons (Fsp3) is 0.167. The molecule has 3 aromatic rings. The topological polar surface area (TPSA) is 59.2 Å². The molecule has 2 aromatic carbocycles.